The van der Waals surface area contributed by atoms with Gasteiger partial charge < -0.3 is 10.1 Å². The summed E-state index contributed by atoms with van der Waals surface area (Å²) < 4.78 is 6.08. The molecule has 2 atom stereocenters. The fourth-order valence-electron chi connectivity index (χ4n) is 3.07. The van der Waals surface area contributed by atoms with Crippen LogP contribution in [0.25, 0.3) is 0 Å². The SMILES string of the molecule is CN(C1CNC1)C1CCOC2(CCSC2)C1. The van der Waals surface area contributed by atoms with E-state index >= 15 is 0 Å². The number of nitrogens with zero attached hydrogens (tertiary/aromatic N) is 1. The summed E-state index contributed by atoms with van der Waals surface area (Å²) in [6.07, 6.45) is 3.75. The van der Waals surface area contributed by atoms with Gasteiger partial charge in [-0.25, -0.2) is 0 Å². The molecule has 0 aromatic rings. The molecule has 3 aliphatic rings. The van der Waals surface area contributed by atoms with Crippen molar-refractivity contribution in [1.82, 2.24) is 10.2 Å². The fraction of sp³-hybridized carbons (Fsp3) is 1.00. The van der Waals surface area contributed by atoms with Crippen LogP contribution in [0.4, 0.5) is 0 Å². The van der Waals surface area contributed by atoms with E-state index in [1.165, 1.54) is 43.9 Å². The predicted octanol–water partition coefficient (Wildman–Crippen LogP) is 0.945. The van der Waals surface area contributed by atoms with Gasteiger partial charge in [0.2, 0.25) is 0 Å². The first-order valence-corrected chi connectivity index (χ1v) is 7.59. The van der Waals surface area contributed by atoms with Crippen LogP contribution < -0.4 is 5.32 Å². The van der Waals surface area contributed by atoms with Crippen molar-refractivity contribution in [2.24, 2.45) is 0 Å². The van der Waals surface area contributed by atoms with Crippen molar-refractivity contribution in [2.45, 2.75) is 36.9 Å². The Labute approximate surface area is 102 Å². The maximum Gasteiger partial charge on any atom is 0.0795 e. The van der Waals surface area contributed by atoms with Gasteiger partial charge in [-0.05, 0) is 32.1 Å². The van der Waals surface area contributed by atoms with Crippen LogP contribution in [0.2, 0.25) is 0 Å². The van der Waals surface area contributed by atoms with Crippen LogP contribution in [0.1, 0.15) is 19.3 Å². The lowest BCUT2D eigenvalue weighted by Crippen LogP contribution is -2.60. The average molecular weight is 242 g/mol. The molecule has 3 nitrogen and oxygen atoms in total. The molecular formula is C12H22N2OS. The highest BCUT2D eigenvalue weighted by Crippen LogP contribution is 2.39. The number of hydrogen-bond acceptors (Lipinski definition) is 4. The first-order chi connectivity index (χ1) is 7.79. The molecule has 0 saturated carbocycles. The van der Waals surface area contributed by atoms with E-state index in [1.807, 2.05) is 0 Å². The molecule has 0 radical (unpaired) electrons. The van der Waals surface area contributed by atoms with Gasteiger partial charge in [-0.2, -0.15) is 11.8 Å². The fourth-order valence-corrected chi connectivity index (χ4v) is 4.45. The zero-order valence-electron chi connectivity index (χ0n) is 10.1. The Kier molecular flexibility index (Phi) is 3.17. The third-order valence-electron chi connectivity index (χ3n) is 4.45. The number of nitrogens with one attached hydrogen (secondary N) is 1. The molecule has 3 saturated heterocycles. The molecular weight excluding hydrogens is 220 g/mol. The van der Waals surface area contributed by atoms with Crippen LogP contribution in [0.3, 0.4) is 0 Å². The van der Waals surface area contributed by atoms with E-state index in [0.717, 1.165) is 18.7 Å². The van der Waals surface area contributed by atoms with E-state index in [1.54, 1.807) is 0 Å². The Hall–Kier alpha value is 0.230. The van der Waals surface area contributed by atoms with E-state index in [2.05, 4.69) is 29.0 Å². The molecule has 0 aromatic carbocycles. The Morgan fingerprint density at radius 2 is 2.25 bits per heavy atom. The molecule has 3 rings (SSSR count). The molecule has 1 N–H and O–H groups in total. The van der Waals surface area contributed by atoms with Crippen molar-refractivity contribution in [1.29, 1.82) is 0 Å². The molecule has 4 heteroatoms. The topological polar surface area (TPSA) is 24.5 Å². The number of likely N-dealkylation sites (N-methyl/N-ethyl adjacent to an activating group) is 1. The standard InChI is InChI=1S/C12H22N2OS/c1-14(11-7-13-8-11)10-2-4-15-12(6-10)3-5-16-9-12/h10-11,13H,2-9H2,1H3. The van der Waals surface area contributed by atoms with E-state index in [0.29, 0.717) is 0 Å². The van der Waals surface area contributed by atoms with Crippen LogP contribution in [-0.4, -0.2) is 60.8 Å². The molecule has 0 aromatic heterocycles. The zero-order valence-corrected chi connectivity index (χ0v) is 10.9. The lowest BCUT2D eigenvalue weighted by atomic mass is 9.88. The van der Waals surface area contributed by atoms with Crippen molar-refractivity contribution in [3.8, 4) is 0 Å². The lowest BCUT2D eigenvalue weighted by molar-refractivity contribution is -0.0935. The molecule has 0 amide bonds. The molecule has 2 unspecified atom stereocenters. The normalized spacial score (nSPS) is 40.5. The van der Waals surface area contributed by atoms with Gasteiger partial charge in [-0.3, -0.25) is 4.90 Å². The molecule has 3 heterocycles. The minimum Gasteiger partial charge on any atom is -0.374 e. The summed E-state index contributed by atoms with van der Waals surface area (Å²) in [5.41, 5.74) is 0.235. The summed E-state index contributed by atoms with van der Waals surface area (Å²) in [5, 5.41) is 3.37. The summed E-state index contributed by atoms with van der Waals surface area (Å²) in [6, 6.07) is 1.52. The van der Waals surface area contributed by atoms with E-state index in [-0.39, 0.29) is 5.60 Å². The highest BCUT2D eigenvalue weighted by molar-refractivity contribution is 7.99. The molecule has 3 aliphatic heterocycles. The minimum atomic E-state index is 0.235. The van der Waals surface area contributed by atoms with Gasteiger partial charge in [0.15, 0.2) is 0 Å². The van der Waals surface area contributed by atoms with Gasteiger partial charge >= 0.3 is 0 Å². The van der Waals surface area contributed by atoms with Crippen LogP contribution in [0.15, 0.2) is 0 Å². The molecule has 92 valence electrons. The van der Waals surface area contributed by atoms with Crippen molar-refractivity contribution in [3.05, 3.63) is 0 Å². The van der Waals surface area contributed by atoms with Gasteiger partial charge in [0.1, 0.15) is 0 Å². The Morgan fingerprint density at radius 3 is 2.88 bits per heavy atom. The first kappa shape index (κ1) is 11.3. The lowest BCUT2D eigenvalue weighted by Gasteiger charge is -2.46. The van der Waals surface area contributed by atoms with E-state index in [4.69, 9.17) is 4.74 Å². The average Bonchev–Trinajstić information content (AvgIpc) is 2.64. The van der Waals surface area contributed by atoms with Gasteiger partial charge in [-0.15, -0.1) is 0 Å². The second-order valence-corrected chi connectivity index (χ2v) is 6.56. The van der Waals surface area contributed by atoms with Crippen molar-refractivity contribution in [2.75, 3.05) is 38.2 Å². The highest BCUT2D eigenvalue weighted by Gasteiger charge is 2.42. The maximum absolute atomic E-state index is 6.08. The summed E-state index contributed by atoms with van der Waals surface area (Å²) >= 11 is 2.07. The minimum absolute atomic E-state index is 0.235. The zero-order chi connectivity index (χ0) is 11.0. The largest absolute Gasteiger partial charge is 0.374 e. The Balaban J connectivity index is 1.62. The Morgan fingerprint density at radius 1 is 1.38 bits per heavy atom. The molecule has 0 bridgehead atoms. The maximum atomic E-state index is 6.08. The monoisotopic (exact) mass is 242 g/mol. The van der Waals surface area contributed by atoms with Crippen LogP contribution in [-0.2, 0) is 4.74 Å². The second-order valence-electron chi connectivity index (χ2n) is 5.46. The summed E-state index contributed by atoms with van der Waals surface area (Å²) in [4.78, 5) is 2.60. The molecule has 3 fully saturated rings. The predicted molar refractivity (Wildman–Crippen MR) is 68.1 cm³/mol. The Bertz CT molecular complexity index is 251. The summed E-state index contributed by atoms with van der Waals surface area (Å²) in [7, 11) is 2.30. The molecule has 1 spiro atoms. The molecule has 0 aliphatic carbocycles. The third-order valence-corrected chi connectivity index (χ3v) is 5.67. The van der Waals surface area contributed by atoms with Gasteiger partial charge in [0.05, 0.1) is 5.60 Å². The number of ether oxygens (including phenoxy) is 1. The van der Waals surface area contributed by atoms with Crippen LogP contribution in [0.5, 0.6) is 0 Å². The smallest absolute Gasteiger partial charge is 0.0795 e. The first-order valence-electron chi connectivity index (χ1n) is 6.43. The van der Waals surface area contributed by atoms with Gasteiger partial charge in [0, 0.05) is 37.5 Å². The second kappa shape index (κ2) is 4.48. The summed E-state index contributed by atoms with van der Waals surface area (Å²) in [5.74, 6) is 2.52. The van der Waals surface area contributed by atoms with Gasteiger partial charge in [0.25, 0.3) is 0 Å². The number of rotatable bonds is 2. The summed E-state index contributed by atoms with van der Waals surface area (Å²) in [6.45, 7) is 3.32. The number of hydrogen-bond donors (Lipinski definition) is 1. The van der Waals surface area contributed by atoms with Crippen LogP contribution in [0, 0.1) is 0 Å². The highest BCUT2D eigenvalue weighted by atomic mass is 32.2. The van der Waals surface area contributed by atoms with E-state index in [9.17, 15) is 0 Å². The van der Waals surface area contributed by atoms with E-state index < -0.39 is 0 Å². The molecule has 16 heavy (non-hydrogen) atoms. The van der Waals surface area contributed by atoms with Crippen molar-refractivity contribution >= 4 is 11.8 Å². The third kappa shape index (κ3) is 2.01. The van der Waals surface area contributed by atoms with Crippen molar-refractivity contribution in [3.63, 3.8) is 0 Å². The van der Waals surface area contributed by atoms with Crippen molar-refractivity contribution < 1.29 is 4.74 Å². The number of thioether (sulfide) groups is 1. The quantitative estimate of drug-likeness (QED) is 0.779. The van der Waals surface area contributed by atoms with Crippen LogP contribution >= 0.6 is 11.8 Å². The van der Waals surface area contributed by atoms with Gasteiger partial charge in [-0.1, -0.05) is 0 Å².